The molecule has 0 aromatic heterocycles. The van der Waals surface area contributed by atoms with Crippen molar-refractivity contribution in [2.24, 2.45) is 0 Å². The molecule has 0 bridgehead atoms. The molecule has 18 heavy (non-hydrogen) atoms. The summed E-state index contributed by atoms with van der Waals surface area (Å²) in [6, 6.07) is 8.78. The van der Waals surface area contributed by atoms with Gasteiger partial charge in [-0.1, -0.05) is 0 Å². The van der Waals surface area contributed by atoms with Crippen molar-refractivity contribution in [1.29, 1.82) is 15.8 Å². The highest BCUT2D eigenvalue weighted by Gasteiger charge is 2.11. The summed E-state index contributed by atoms with van der Waals surface area (Å²) in [6.07, 6.45) is 1.24. The first-order valence-corrected chi connectivity index (χ1v) is 5.50. The Hall–Kier alpha value is -2.49. The molecule has 0 unspecified atom stereocenters. The van der Waals surface area contributed by atoms with Crippen molar-refractivity contribution in [1.82, 2.24) is 0 Å². The van der Waals surface area contributed by atoms with E-state index in [0.717, 1.165) is 0 Å². The van der Waals surface area contributed by atoms with Crippen LogP contribution < -0.4 is 10.1 Å². The third kappa shape index (κ3) is 2.79. The van der Waals surface area contributed by atoms with E-state index in [1.54, 1.807) is 24.3 Å². The number of nitrogens with one attached hydrogen (secondary N) is 1. The summed E-state index contributed by atoms with van der Waals surface area (Å²) in [6.45, 7) is 0. The van der Waals surface area contributed by atoms with Crippen molar-refractivity contribution >= 4 is 21.6 Å². The third-order valence-corrected chi connectivity index (χ3v) is 2.66. The van der Waals surface area contributed by atoms with Crippen LogP contribution in [0.3, 0.4) is 0 Å². The van der Waals surface area contributed by atoms with Gasteiger partial charge in [0.05, 0.1) is 17.3 Å². The number of hydrogen-bond donors (Lipinski definition) is 1. The van der Waals surface area contributed by atoms with Crippen molar-refractivity contribution in [3.8, 4) is 24.0 Å². The minimum Gasteiger partial charge on any atom is -0.494 e. The maximum Gasteiger partial charge on any atom is 0.152 e. The number of nitriles is 3. The van der Waals surface area contributed by atoms with E-state index in [1.807, 2.05) is 6.07 Å². The van der Waals surface area contributed by atoms with Crippen LogP contribution in [-0.2, 0) is 0 Å². The average molecular weight is 303 g/mol. The van der Waals surface area contributed by atoms with E-state index in [0.29, 0.717) is 21.5 Å². The molecule has 1 aromatic rings. The van der Waals surface area contributed by atoms with Crippen LogP contribution in [0.4, 0.5) is 5.69 Å². The molecule has 88 valence electrons. The van der Waals surface area contributed by atoms with Gasteiger partial charge in [0.1, 0.15) is 29.3 Å². The van der Waals surface area contributed by atoms with Crippen LogP contribution in [0.15, 0.2) is 28.4 Å². The molecule has 0 fully saturated rings. The predicted octanol–water partition coefficient (Wildman–Crippen LogP) is 2.67. The van der Waals surface area contributed by atoms with Gasteiger partial charge in [-0.15, -0.1) is 0 Å². The minimum absolute atomic E-state index is 0.0826. The molecule has 5 nitrogen and oxygen atoms in total. The van der Waals surface area contributed by atoms with Gasteiger partial charge in [-0.2, -0.15) is 15.8 Å². The van der Waals surface area contributed by atoms with Gasteiger partial charge in [-0.05, 0) is 28.1 Å². The fraction of sp³-hybridized carbons (Fsp3) is 0.0833. The van der Waals surface area contributed by atoms with Gasteiger partial charge in [0.25, 0.3) is 0 Å². The second-order valence-electron chi connectivity index (χ2n) is 3.04. The lowest BCUT2D eigenvalue weighted by molar-refractivity contribution is 0.411. The summed E-state index contributed by atoms with van der Waals surface area (Å²) in [5, 5.41) is 29.0. The summed E-state index contributed by atoms with van der Waals surface area (Å²) in [5.74, 6) is 0.395. The molecular formula is C12H7BrN4O. The number of ether oxygens (including phenoxy) is 1. The monoisotopic (exact) mass is 302 g/mol. The Labute approximate surface area is 113 Å². The van der Waals surface area contributed by atoms with Gasteiger partial charge in [0.2, 0.25) is 0 Å². The highest BCUT2D eigenvalue weighted by molar-refractivity contribution is 9.10. The molecule has 6 heteroatoms. The second kappa shape index (κ2) is 6.30. The first-order chi connectivity index (χ1) is 8.67. The number of anilines is 1. The highest BCUT2D eigenvalue weighted by atomic mass is 79.9. The van der Waals surface area contributed by atoms with Crippen LogP contribution in [0.2, 0.25) is 0 Å². The number of benzene rings is 1. The Bertz CT molecular complexity index is 601. The maximum atomic E-state index is 9.09. The number of rotatable bonds is 3. The molecule has 0 saturated heterocycles. The molecule has 0 atom stereocenters. The van der Waals surface area contributed by atoms with E-state index in [-0.39, 0.29) is 5.57 Å². The van der Waals surface area contributed by atoms with E-state index in [2.05, 4.69) is 21.2 Å². The summed E-state index contributed by atoms with van der Waals surface area (Å²) in [7, 11) is 1.45. The smallest absolute Gasteiger partial charge is 0.152 e. The zero-order valence-corrected chi connectivity index (χ0v) is 10.9. The maximum absolute atomic E-state index is 9.09. The Balaban J connectivity index is 3.21. The largest absolute Gasteiger partial charge is 0.494 e. The predicted molar refractivity (Wildman–Crippen MR) is 68.3 cm³/mol. The molecule has 1 N–H and O–H groups in total. The molecule has 0 radical (unpaired) electrons. The van der Waals surface area contributed by atoms with Crippen LogP contribution in [0, 0.1) is 34.0 Å². The quantitative estimate of drug-likeness (QED) is 0.866. The molecular weight excluding hydrogens is 296 g/mol. The number of nitrogens with zero attached hydrogens (tertiary/aromatic N) is 3. The van der Waals surface area contributed by atoms with Crippen molar-refractivity contribution in [2.75, 3.05) is 12.4 Å². The van der Waals surface area contributed by atoms with Crippen LogP contribution in [0.25, 0.3) is 0 Å². The van der Waals surface area contributed by atoms with E-state index in [4.69, 9.17) is 20.5 Å². The van der Waals surface area contributed by atoms with Gasteiger partial charge in [0.15, 0.2) is 5.75 Å². The zero-order chi connectivity index (χ0) is 13.5. The number of halogens is 1. The SMILES string of the molecule is COc1c(Br)ccc(NC=C(C#N)C#N)c1C#N. The van der Waals surface area contributed by atoms with E-state index in [1.165, 1.54) is 13.3 Å². The first-order valence-electron chi connectivity index (χ1n) is 4.71. The standard InChI is InChI=1S/C12H7BrN4O/c1-18-12-9(6-16)11(3-2-10(12)13)17-7-8(4-14)5-15/h2-3,7,17H,1H3. The Morgan fingerprint density at radius 3 is 2.50 bits per heavy atom. The van der Waals surface area contributed by atoms with Crippen molar-refractivity contribution in [3.05, 3.63) is 33.9 Å². The molecule has 0 spiro atoms. The number of hydrogen-bond acceptors (Lipinski definition) is 5. The van der Waals surface area contributed by atoms with Gasteiger partial charge in [0, 0.05) is 6.20 Å². The van der Waals surface area contributed by atoms with E-state index < -0.39 is 0 Å². The fourth-order valence-corrected chi connectivity index (χ4v) is 1.72. The highest BCUT2D eigenvalue weighted by Crippen LogP contribution is 2.33. The van der Waals surface area contributed by atoms with Gasteiger partial charge >= 0.3 is 0 Å². The molecule has 1 rings (SSSR count). The summed E-state index contributed by atoms with van der Waals surface area (Å²) >= 11 is 3.27. The van der Waals surface area contributed by atoms with Gasteiger partial charge in [-0.25, -0.2) is 0 Å². The molecule has 0 amide bonds. The van der Waals surface area contributed by atoms with Gasteiger partial charge < -0.3 is 10.1 Å². The van der Waals surface area contributed by atoms with E-state index >= 15 is 0 Å². The molecule has 0 heterocycles. The average Bonchev–Trinajstić information content (AvgIpc) is 2.40. The normalized spacial score (nSPS) is 8.39. The Morgan fingerprint density at radius 1 is 1.33 bits per heavy atom. The Morgan fingerprint density at radius 2 is 2.00 bits per heavy atom. The lowest BCUT2D eigenvalue weighted by Gasteiger charge is -2.09. The number of methoxy groups -OCH3 is 1. The fourth-order valence-electron chi connectivity index (χ4n) is 1.23. The molecule has 0 saturated carbocycles. The summed E-state index contributed by atoms with van der Waals surface area (Å²) in [5.41, 5.74) is 0.666. The summed E-state index contributed by atoms with van der Waals surface area (Å²) in [4.78, 5) is 0. The molecule has 0 aliphatic heterocycles. The second-order valence-corrected chi connectivity index (χ2v) is 3.90. The lowest BCUT2D eigenvalue weighted by atomic mass is 10.1. The van der Waals surface area contributed by atoms with Crippen LogP contribution in [0.1, 0.15) is 5.56 Å². The Kier molecular flexibility index (Phi) is 4.75. The molecule has 1 aromatic carbocycles. The van der Waals surface area contributed by atoms with Crippen molar-refractivity contribution < 1.29 is 4.74 Å². The van der Waals surface area contributed by atoms with Crippen molar-refractivity contribution in [2.45, 2.75) is 0 Å². The molecule has 0 aliphatic carbocycles. The van der Waals surface area contributed by atoms with Crippen LogP contribution in [0.5, 0.6) is 5.75 Å². The summed E-state index contributed by atoms with van der Waals surface area (Å²) < 4.78 is 5.76. The number of allylic oxidation sites excluding steroid dienone is 1. The first kappa shape index (κ1) is 13.6. The van der Waals surface area contributed by atoms with Gasteiger partial charge in [-0.3, -0.25) is 0 Å². The topological polar surface area (TPSA) is 92.6 Å². The lowest BCUT2D eigenvalue weighted by Crippen LogP contribution is -1.97. The minimum atomic E-state index is -0.0826. The molecule has 0 aliphatic rings. The van der Waals surface area contributed by atoms with Crippen molar-refractivity contribution in [3.63, 3.8) is 0 Å². The van der Waals surface area contributed by atoms with Crippen LogP contribution in [-0.4, -0.2) is 7.11 Å². The zero-order valence-electron chi connectivity index (χ0n) is 9.36. The third-order valence-electron chi connectivity index (χ3n) is 2.04. The van der Waals surface area contributed by atoms with Crippen LogP contribution >= 0.6 is 15.9 Å². The van der Waals surface area contributed by atoms with E-state index in [9.17, 15) is 0 Å².